The number of rotatable bonds is 8. The molecule has 1 heterocycles. The summed E-state index contributed by atoms with van der Waals surface area (Å²) in [6, 6.07) is 18.0. The Morgan fingerprint density at radius 3 is 2.33 bits per heavy atom. The van der Waals surface area contributed by atoms with Crippen molar-refractivity contribution in [3.8, 4) is 5.75 Å². The normalized spacial score (nSPS) is 14.1. The number of benzene rings is 3. The Morgan fingerprint density at radius 1 is 0.872 bits per heavy atom. The summed E-state index contributed by atoms with van der Waals surface area (Å²) in [5.74, 6) is -0.768. The quantitative estimate of drug-likeness (QED) is 0.358. The number of ether oxygens (including phenoxy) is 1. The van der Waals surface area contributed by atoms with Crippen LogP contribution in [0.5, 0.6) is 5.75 Å². The zero-order valence-electron chi connectivity index (χ0n) is 22.2. The first-order chi connectivity index (χ1) is 18.6. The maximum atomic E-state index is 12.8. The van der Waals surface area contributed by atoms with Crippen molar-refractivity contribution >= 4 is 52.2 Å². The van der Waals surface area contributed by atoms with Crippen molar-refractivity contribution in [2.75, 3.05) is 23.8 Å². The third-order valence-corrected chi connectivity index (χ3v) is 7.30. The van der Waals surface area contributed by atoms with Gasteiger partial charge in [0.25, 0.3) is 17.1 Å². The summed E-state index contributed by atoms with van der Waals surface area (Å²) in [5.41, 5.74) is 6.21. The molecule has 1 fully saturated rings. The number of nitrogens with one attached hydrogen (secondary N) is 2. The first-order valence-electron chi connectivity index (χ1n) is 12.3. The summed E-state index contributed by atoms with van der Waals surface area (Å²) < 4.78 is 5.57. The molecule has 0 spiro atoms. The van der Waals surface area contributed by atoms with Crippen LogP contribution < -0.4 is 15.4 Å². The van der Waals surface area contributed by atoms with E-state index < -0.39 is 17.1 Å². The van der Waals surface area contributed by atoms with Crippen molar-refractivity contribution in [1.29, 1.82) is 0 Å². The third-order valence-electron chi connectivity index (χ3n) is 6.39. The summed E-state index contributed by atoms with van der Waals surface area (Å²) in [5, 5.41) is 5.08. The van der Waals surface area contributed by atoms with E-state index in [2.05, 4.69) is 10.6 Å². The number of hydrogen-bond donors (Lipinski definition) is 2. The van der Waals surface area contributed by atoms with Crippen LogP contribution >= 0.6 is 11.8 Å². The molecule has 1 aliphatic rings. The van der Waals surface area contributed by atoms with Crippen molar-refractivity contribution in [3.63, 3.8) is 0 Å². The molecule has 200 valence electrons. The molecule has 0 radical (unpaired) electrons. The molecule has 0 bridgehead atoms. The lowest BCUT2D eigenvalue weighted by molar-refractivity contribution is -0.127. The number of anilines is 2. The fraction of sp³-hybridized carbons (Fsp3) is 0.200. The van der Waals surface area contributed by atoms with Gasteiger partial charge < -0.3 is 15.4 Å². The Morgan fingerprint density at radius 2 is 1.62 bits per heavy atom. The molecule has 1 aliphatic heterocycles. The monoisotopic (exact) mass is 543 g/mol. The van der Waals surface area contributed by atoms with Crippen molar-refractivity contribution in [3.05, 3.63) is 93.4 Å². The van der Waals surface area contributed by atoms with Gasteiger partial charge in [0, 0.05) is 11.4 Å². The first kappa shape index (κ1) is 27.7. The zero-order chi connectivity index (χ0) is 28.1. The molecule has 2 N–H and O–H groups in total. The predicted octanol–water partition coefficient (Wildman–Crippen LogP) is 5.61. The van der Waals surface area contributed by atoms with Gasteiger partial charge >= 0.3 is 0 Å². The molecule has 1 saturated heterocycles. The van der Waals surface area contributed by atoms with Crippen LogP contribution in [0.15, 0.2) is 65.6 Å². The maximum Gasteiger partial charge on any atom is 0.294 e. The predicted molar refractivity (Wildman–Crippen MR) is 154 cm³/mol. The summed E-state index contributed by atoms with van der Waals surface area (Å²) in [6.07, 6.45) is 1.59. The minimum Gasteiger partial charge on any atom is -0.484 e. The second kappa shape index (κ2) is 12.0. The molecule has 0 aliphatic carbocycles. The van der Waals surface area contributed by atoms with Crippen LogP contribution in [-0.2, 0) is 14.4 Å². The van der Waals surface area contributed by atoms with Crippen molar-refractivity contribution in [2.24, 2.45) is 0 Å². The highest BCUT2D eigenvalue weighted by Gasteiger charge is 2.36. The van der Waals surface area contributed by atoms with Gasteiger partial charge in [-0.15, -0.1) is 0 Å². The molecule has 4 amide bonds. The number of amides is 4. The van der Waals surface area contributed by atoms with Crippen LogP contribution in [0.25, 0.3) is 6.08 Å². The highest BCUT2D eigenvalue weighted by molar-refractivity contribution is 8.18. The number of carbonyl (C=O) groups is 4. The number of carbonyl (C=O) groups excluding carboxylic acids is 4. The molecule has 39 heavy (non-hydrogen) atoms. The van der Waals surface area contributed by atoms with Gasteiger partial charge in [-0.2, -0.15) is 0 Å². The molecule has 9 heteroatoms. The number of nitrogens with zero attached hydrogens (tertiary/aromatic N) is 1. The van der Waals surface area contributed by atoms with E-state index in [9.17, 15) is 19.2 Å². The third kappa shape index (κ3) is 6.94. The molecule has 0 unspecified atom stereocenters. The molecule has 3 aromatic carbocycles. The standard InChI is InChI=1S/C30H29N3O5S/c1-18-8-11-23(14-20(18)3)31-28(35)17-38-24-12-9-22(10-13-24)15-26-29(36)33(30(37)39-26)16-27(34)32-25-7-5-6-19(2)21(25)4/h5-15H,16-17H2,1-4H3,(H,31,35)(H,32,34)/b26-15-. The van der Waals surface area contributed by atoms with Gasteiger partial charge in [-0.05, 0) is 104 Å². The van der Waals surface area contributed by atoms with E-state index in [1.165, 1.54) is 0 Å². The summed E-state index contributed by atoms with van der Waals surface area (Å²) in [6.45, 7) is 7.29. The van der Waals surface area contributed by atoms with Gasteiger partial charge in [-0.1, -0.05) is 30.3 Å². The van der Waals surface area contributed by atoms with Gasteiger partial charge in [0.05, 0.1) is 4.91 Å². The Kier molecular flexibility index (Phi) is 8.51. The lowest BCUT2D eigenvalue weighted by Crippen LogP contribution is -2.36. The minimum atomic E-state index is -0.524. The Balaban J connectivity index is 1.31. The van der Waals surface area contributed by atoms with Crippen LogP contribution in [0, 0.1) is 27.7 Å². The molecular weight excluding hydrogens is 514 g/mol. The van der Waals surface area contributed by atoms with Crippen LogP contribution in [0.3, 0.4) is 0 Å². The highest BCUT2D eigenvalue weighted by atomic mass is 32.2. The average molecular weight is 544 g/mol. The summed E-state index contributed by atoms with van der Waals surface area (Å²) in [7, 11) is 0. The zero-order valence-corrected chi connectivity index (χ0v) is 23.0. The lowest BCUT2D eigenvalue weighted by Gasteiger charge is -2.14. The fourth-order valence-corrected chi connectivity index (χ4v) is 4.67. The minimum absolute atomic E-state index is 0.157. The molecule has 0 aromatic heterocycles. The second-order valence-electron chi connectivity index (χ2n) is 9.27. The smallest absolute Gasteiger partial charge is 0.294 e. The van der Waals surface area contributed by atoms with Crippen LogP contribution in [0.2, 0.25) is 0 Å². The number of hydrogen-bond acceptors (Lipinski definition) is 6. The number of thioether (sulfide) groups is 1. The van der Waals surface area contributed by atoms with E-state index in [0.717, 1.165) is 38.9 Å². The Hall–Kier alpha value is -4.37. The van der Waals surface area contributed by atoms with E-state index in [4.69, 9.17) is 4.74 Å². The van der Waals surface area contributed by atoms with Crippen LogP contribution in [0.4, 0.5) is 16.2 Å². The van der Waals surface area contributed by atoms with Gasteiger partial charge in [-0.3, -0.25) is 24.1 Å². The summed E-state index contributed by atoms with van der Waals surface area (Å²) >= 11 is 0.786. The van der Waals surface area contributed by atoms with Gasteiger partial charge in [0.15, 0.2) is 6.61 Å². The van der Waals surface area contributed by atoms with Gasteiger partial charge in [-0.25, -0.2) is 0 Å². The number of aryl methyl sites for hydroxylation is 3. The second-order valence-corrected chi connectivity index (χ2v) is 10.3. The van der Waals surface area contributed by atoms with E-state index in [1.54, 1.807) is 36.4 Å². The molecular formula is C30H29N3O5S. The SMILES string of the molecule is Cc1ccc(NC(=O)COc2ccc(/C=C3\SC(=O)N(CC(=O)Nc4cccc(C)c4C)C3=O)cc2)cc1C. The lowest BCUT2D eigenvalue weighted by atomic mass is 10.1. The van der Waals surface area contributed by atoms with Crippen molar-refractivity contribution in [1.82, 2.24) is 4.90 Å². The Bertz CT molecular complexity index is 1480. The molecule has 0 atom stereocenters. The molecule has 0 saturated carbocycles. The summed E-state index contributed by atoms with van der Waals surface area (Å²) in [4.78, 5) is 51.2. The van der Waals surface area contributed by atoms with Crippen LogP contribution in [-0.4, -0.2) is 41.0 Å². The van der Waals surface area contributed by atoms with E-state index in [0.29, 0.717) is 22.7 Å². The largest absolute Gasteiger partial charge is 0.484 e. The van der Waals surface area contributed by atoms with Crippen molar-refractivity contribution < 1.29 is 23.9 Å². The first-order valence-corrected chi connectivity index (χ1v) is 13.1. The van der Waals surface area contributed by atoms with Gasteiger partial charge in [0.2, 0.25) is 5.91 Å². The van der Waals surface area contributed by atoms with E-state index in [1.807, 2.05) is 58.0 Å². The molecule has 4 rings (SSSR count). The van der Waals surface area contributed by atoms with E-state index in [-0.39, 0.29) is 24.0 Å². The van der Waals surface area contributed by atoms with Crippen LogP contribution in [0.1, 0.15) is 27.8 Å². The van der Waals surface area contributed by atoms with Crippen molar-refractivity contribution in [2.45, 2.75) is 27.7 Å². The molecule has 3 aromatic rings. The maximum absolute atomic E-state index is 12.8. The van der Waals surface area contributed by atoms with E-state index >= 15 is 0 Å². The average Bonchev–Trinajstić information content (AvgIpc) is 3.15. The topological polar surface area (TPSA) is 105 Å². The Labute approximate surface area is 231 Å². The fourth-order valence-electron chi connectivity index (χ4n) is 3.83. The van der Waals surface area contributed by atoms with Gasteiger partial charge in [0.1, 0.15) is 12.3 Å². The number of imide groups is 1. The molecule has 8 nitrogen and oxygen atoms in total. The highest BCUT2D eigenvalue weighted by Crippen LogP contribution is 2.32.